The van der Waals surface area contributed by atoms with Crippen LogP contribution in [0.1, 0.15) is 11.1 Å². The molecule has 3 unspecified atom stereocenters. The van der Waals surface area contributed by atoms with Crippen molar-refractivity contribution in [1.82, 2.24) is 0 Å². The van der Waals surface area contributed by atoms with Gasteiger partial charge in [-0.15, -0.1) is 0 Å². The van der Waals surface area contributed by atoms with E-state index >= 15 is 0 Å². The summed E-state index contributed by atoms with van der Waals surface area (Å²) >= 11 is 0. The minimum atomic E-state index is -2.80. The highest BCUT2D eigenvalue weighted by atomic mass is 19.2. The molecular weight excluding hydrogens is 379 g/mol. The minimum absolute atomic E-state index is 0.154. The number of aliphatic carboxylic acids is 1. The summed E-state index contributed by atoms with van der Waals surface area (Å²) in [5.74, 6) is -8.69. The highest BCUT2D eigenvalue weighted by molar-refractivity contribution is 5.88. The SMILES string of the molecule is COC(=O)C(C(N)Cc1cc(F)c(F)cc1F)C(O)(C(=O)O)c1ccccc1. The van der Waals surface area contributed by atoms with Gasteiger partial charge < -0.3 is 20.7 Å². The molecule has 9 heteroatoms. The smallest absolute Gasteiger partial charge is 0.341 e. The van der Waals surface area contributed by atoms with E-state index in [0.717, 1.165) is 7.11 Å². The van der Waals surface area contributed by atoms with Crippen LogP contribution < -0.4 is 5.73 Å². The molecule has 2 aromatic rings. The van der Waals surface area contributed by atoms with Crippen molar-refractivity contribution in [1.29, 1.82) is 0 Å². The van der Waals surface area contributed by atoms with Crippen molar-refractivity contribution >= 4 is 11.9 Å². The van der Waals surface area contributed by atoms with E-state index in [1.165, 1.54) is 24.3 Å². The van der Waals surface area contributed by atoms with Gasteiger partial charge in [0, 0.05) is 12.1 Å². The van der Waals surface area contributed by atoms with Crippen LogP contribution in [0.25, 0.3) is 0 Å². The third kappa shape index (κ3) is 4.00. The number of nitrogens with two attached hydrogens (primary N) is 1. The Morgan fingerprint density at radius 2 is 1.68 bits per heavy atom. The molecule has 0 saturated carbocycles. The van der Waals surface area contributed by atoms with Gasteiger partial charge in [0.2, 0.25) is 5.60 Å². The molecule has 0 aliphatic rings. The standard InChI is InChI=1S/C19H18F3NO5/c1-28-17(24)16(19(27,18(25)26)11-5-3-2-4-6-11)15(23)8-10-7-13(21)14(22)9-12(10)20/h2-7,9,15-16,27H,8,23H2,1H3,(H,25,26). The molecule has 6 nitrogen and oxygen atoms in total. The summed E-state index contributed by atoms with van der Waals surface area (Å²) in [7, 11) is 0.966. The second kappa shape index (κ2) is 8.41. The number of hydrogen-bond donors (Lipinski definition) is 3. The predicted molar refractivity (Wildman–Crippen MR) is 91.5 cm³/mol. The molecule has 4 N–H and O–H groups in total. The highest BCUT2D eigenvalue weighted by Crippen LogP contribution is 2.34. The van der Waals surface area contributed by atoms with E-state index in [2.05, 4.69) is 4.74 Å². The molecule has 0 aliphatic heterocycles. The van der Waals surface area contributed by atoms with Gasteiger partial charge in [-0.3, -0.25) is 4.79 Å². The Labute approximate surface area is 158 Å². The zero-order valence-corrected chi connectivity index (χ0v) is 14.7. The molecule has 0 spiro atoms. The average Bonchev–Trinajstić information content (AvgIpc) is 2.66. The molecule has 0 saturated heterocycles. The van der Waals surface area contributed by atoms with Crippen LogP contribution in [-0.2, 0) is 26.3 Å². The molecule has 0 fully saturated rings. The fourth-order valence-electron chi connectivity index (χ4n) is 3.00. The van der Waals surface area contributed by atoms with E-state index in [1.54, 1.807) is 6.07 Å². The summed E-state index contributed by atoms with van der Waals surface area (Å²) in [5.41, 5.74) is 2.59. The van der Waals surface area contributed by atoms with Crippen LogP contribution in [0.5, 0.6) is 0 Å². The van der Waals surface area contributed by atoms with Gasteiger partial charge in [0.05, 0.1) is 7.11 Å². The molecule has 0 radical (unpaired) electrons. The first-order valence-corrected chi connectivity index (χ1v) is 8.11. The lowest BCUT2D eigenvalue weighted by atomic mass is 9.75. The van der Waals surface area contributed by atoms with Crippen molar-refractivity contribution < 1.29 is 37.7 Å². The monoisotopic (exact) mass is 397 g/mol. The number of esters is 1. The number of benzene rings is 2. The van der Waals surface area contributed by atoms with Crippen molar-refractivity contribution in [2.45, 2.75) is 18.1 Å². The Morgan fingerprint density at radius 1 is 1.11 bits per heavy atom. The number of methoxy groups -OCH3 is 1. The summed E-state index contributed by atoms with van der Waals surface area (Å²) in [6.45, 7) is 0. The molecule has 0 heterocycles. The topological polar surface area (TPSA) is 110 Å². The average molecular weight is 397 g/mol. The summed E-state index contributed by atoms with van der Waals surface area (Å²) in [6, 6.07) is 6.36. The van der Waals surface area contributed by atoms with Crippen molar-refractivity contribution in [3.8, 4) is 0 Å². The van der Waals surface area contributed by atoms with Gasteiger partial charge in [0.15, 0.2) is 11.6 Å². The number of carboxylic acid groups (broad SMARTS) is 1. The number of carboxylic acids is 1. The third-order valence-electron chi connectivity index (χ3n) is 4.42. The fourth-order valence-corrected chi connectivity index (χ4v) is 3.00. The Bertz CT molecular complexity index is 877. The second-order valence-corrected chi connectivity index (χ2v) is 6.16. The molecule has 0 aromatic heterocycles. The maximum atomic E-state index is 14.0. The molecule has 2 rings (SSSR count). The molecule has 3 atom stereocenters. The van der Waals surface area contributed by atoms with Crippen LogP contribution in [0, 0.1) is 23.4 Å². The molecular formula is C19H18F3NO5. The van der Waals surface area contributed by atoms with Crippen molar-refractivity contribution in [3.63, 3.8) is 0 Å². The zero-order valence-electron chi connectivity index (χ0n) is 14.7. The van der Waals surface area contributed by atoms with Gasteiger partial charge in [-0.25, -0.2) is 18.0 Å². The number of halogens is 3. The van der Waals surface area contributed by atoms with Gasteiger partial charge in [-0.2, -0.15) is 0 Å². The Balaban J connectivity index is 2.52. The van der Waals surface area contributed by atoms with Crippen LogP contribution in [0.4, 0.5) is 13.2 Å². The van der Waals surface area contributed by atoms with Gasteiger partial charge in [0.25, 0.3) is 0 Å². The van der Waals surface area contributed by atoms with Gasteiger partial charge in [-0.1, -0.05) is 30.3 Å². The maximum Gasteiger partial charge on any atom is 0.341 e. The van der Waals surface area contributed by atoms with Crippen molar-refractivity contribution in [2.75, 3.05) is 7.11 Å². The van der Waals surface area contributed by atoms with Gasteiger partial charge in [0.1, 0.15) is 11.7 Å². The minimum Gasteiger partial charge on any atom is -0.479 e. The first-order chi connectivity index (χ1) is 13.1. The molecule has 0 amide bonds. The lowest BCUT2D eigenvalue weighted by Gasteiger charge is -2.34. The van der Waals surface area contributed by atoms with Crippen LogP contribution in [0.3, 0.4) is 0 Å². The Hall–Kier alpha value is -2.91. The number of ether oxygens (including phenoxy) is 1. The first kappa shape index (κ1) is 21.4. The van der Waals surface area contributed by atoms with Crippen molar-refractivity contribution in [3.05, 3.63) is 71.0 Å². The lowest BCUT2D eigenvalue weighted by molar-refractivity contribution is -0.179. The van der Waals surface area contributed by atoms with E-state index < -0.39 is 53.4 Å². The second-order valence-electron chi connectivity index (χ2n) is 6.16. The molecule has 2 aromatic carbocycles. The lowest BCUT2D eigenvalue weighted by Crippen LogP contribution is -2.55. The van der Waals surface area contributed by atoms with Gasteiger partial charge >= 0.3 is 11.9 Å². The number of aliphatic hydroxyl groups is 1. The van der Waals surface area contributed by atoms with Gasteiger partial charge in [-0.05, 0) is 23.6 Å². The largest absolute Gasteiger partial charge is 0.479 e. The third-order valence-corrected chi connectivity index (χ3v) is 4.42. The highest BCUT2D eigenvalue weighted by Gasteiger charge is 2.53. The van der Waals surface area contributed by atoms with E-state index in [0.29, 0.717) is 12.1 Å². The van der Waals surface area contributed by atoms with Crippen LogP contribution >= 0.6 is 0 Å². The van der Waals surface area contributed by atoms with E-state index in [9.17, 15) is 33.0 Å². The quantitative estimate of drug-likeness (QED) is 0.485. The molecule has 28 heavy (non-hydrogen) atoms. The fraction of sp³-hybridized carbons (Fsp3) is 0.263. The summed E-state index contributed by atoms with van der Waals surface area (Å²) in [6.07, 6.45) is -0.564. The first-order valence-electron chi connectivity index (χ1n) is 8.11. The Kier molecular flexibility index (Phi) is 6.42. The molecule has 0 bridgehead atoms. The van der Waals surface area contributed by atoms with E-state index in [4.69, 9.17) is 5.73 Å². The number of carbonyl (C=O) groups excluding carboxylic acids is 1. The normalized spacial score (nSPS) is 15.4. The number of carbonyl (C=O) groups is 2. The summed E-state index contributed by atoms with van der Waals surface area (Å²) < 4.78 is 45.1. The number of hydrogen-bond acceptors (Lipinski definition) is 5. The summed E-state index contributed by atoms with van der Waals surface area (Å²) in [5, 5.41) is 20.6. The van der Waals surface area contributed by atoms with E-state index in [-0.39, 0.29) is 11.1 Å². The molecule has 0 aliphatic carbocycles. The van der Waals surface area contributed by atoms with Crippen molar-refractivity contribution in [2.24, 2.45) is 11.7 Å². The maximum absolute atomic E-state index is 14.0. The van der Waals surface area contributed by atoms with Crippen LogP contribution in [0.15, 0.2) is 42.5 Å². The number of rotatable bonds is 7. The van der Waals surface area contributed by atoms with Crippen LogP contribution in [-0.4, -0.2) is 35.3 Å². The predicted octanol–water partition coefficient (Wildman–Crippen LogP) is 1.74. The van der Waals surface area contributed by atoms with E-state index in [1.807, 2.05) is 0 Å². The Morgan fingerprint density at radius 3 is 2.21 bits per heavy atom. The summed E-state index contributed by atoms with van der Waals surface area (Å²) in [4.78, 5) is 24.2. The van der Waals surface area contributed by atoms with Crippen LogP contribution in [0.2, 0.25) is 0 Å². The molecule has 150 valence electrons. The zero-order chi connectivity index (χ0) is 21.1.